The third-order valence-electron chi connectivity index (χ3n) is 2.92. The van der Waals surface area contributed by atoms with Crippen molar-refractivity contribution in [2.24, 2.45) is 0 Å². The Balaban J connectivity index is 3.15. The number of carbonyl (C=O) groups excluding carboxylic acids is 2. The smallest absolute Gasteiger partial charge is 0.338 e. The van der Waals surface area contributed by atoms with Gasteiger partial charge in [0.05, 0.1) is 12.7 Å². The molecule has 0 aliphatic rings. The number of rotatable bonds is 6. The highest BCUT2D eigenvalue weighted by molar-refractivity contribution is 7.90. The maximum atomic E-state index is 12.2. The molecule has 0 heterocycles. The van der Waals surface area contributed by atoms with Gasteiger partial charge in [0.15, 0.2) is 5.25 Å². The summed E-state index contributed by atoms with van der Waals surface area (Å²) in [4.78, 5) is 23.9. The zero-order chi connectivity index (χ0) is 18.5. The molecule has 7 nitrogen and oxygen atoms in total. The van der Waals surface area contributed by atoms with E-state index in [9.17, 15) is 18.0 Å². The van der Waals surface area contributed by atoms with Gasteiger partial charge in [-0.2, -0.15) is 0 Å². The van der Waals surface area contributed by atoms with Gasteiger partial charge in [-0.3, -0.25) is 4.79 Å². The minimum absolute atomic E-state index is 0.145. The summed E-state index contributed by atoms with van der Waals surface area (Å²) in [7, 11) is -2.82. The van der Waals surface area contributed by atoms with Gasteiger partial charge < -0.3 is 9.47 Å². The minimum Gasteiger partial charge on any atom is -0.468 e. The van der Waals surface area contributed by atoms with E-state index < -0.39 is 32.8 Å². The van der Waals surface area contributed by atoms with Crippen molar-refractivity contribution in [2.75, 3.05) is 13.7 Å². The summed E-state index contributed by atoms with van der Waals surface area (Å²) in [6.45, 7) is 6.99. The standard InChI is InChI=1S/C16H23NO6S/c1-6-17-24(20,21)13(15(19)22-5)11-7-9-12(10-8-11)14(18)23-16(2,3)4/h7-10,13,17H,6H2,1-5H3. The molecule has 0 spiro atoms. The van der Waals surface area contributed by atoms with Crippen molar-refractivity contribution < 1.29 is 27.5 Å². The van der Waals surface area contributed by atoms with Gasteiger partial charge in [-0.25, -0.2) is 17.9 Å². The number of methoxy groups -OCH3 is 1. The van der Waals surface area contributed by atoms with Crippen LogP contribution in [0.4, 0.5) is 0 Å². The first-order valence-electron chi connectivity index (χ1n) is 7.41. The monoisotopic (exact) mass is 357 g/mol. The van der Waals surface area contributed by atoms with Crippen LogP contribution in [0.5, 0.6) is 0 Å². The number of benzene rings is 1. The second kappa shape index (κ2) is 7.76. The molecular formula is C16H23NO6S. The Bertz CT molecular complexity index is 688. The second-order valence-electron chi connectivity index (χ2n) is 6.07. The Morgan fingerprint density at radius 3 is 2.12 bits per heavy atom. The quantitative estimate of drug-likeness (QED) is 0.780. The lowest BCUT2D eigenvalue weighted by molar-refractivity contribution is -0.140. The van der Waals surface area contributed by atoms with E-state index in [0.29, 0.717) is 0 Å². The molecule has 0 amide bonds. The van der Waals surface area contributed by atoms with Crippen LogP contribution in [0.2, 0.25) is 0 Å². The number of esters is 2. The van der Waals surface area contributed by atoms with Crippen molar-refractivity contribution in [3.8, 4) is 0 Å². The first-order chi connectivity index (χ1) is 11.0. The van der Waals surface area contributed by atoms with Crippen LogP contribution >= 0.6 is 0 Å². The summed E-state index contributed by atoms with van der Waals surface area (Å²) in [5, 5.41) is -1.50. The molecule has 134 valence electrons. The first kappa shape index (κ1) is 20.1. The fourth-order valence-electron chi connectivity index (χ4n) is 1.96. The number of hydrogen-bond donors (Lipinski definition) is 1. The molecule has 8 heteroatoms. The van der Waals surface area contributed by atoms with E-state index in [-0.39, 0.29) is 17.7 Å². The molecule has 24 heavy (non-hydrogen) atoms. The summed E-state index contributed by atoms with van der Waals surface area (Å²) >= 11 is 0. The lowest BCUT2D eigenvalue weighted by atomic mass is 10.1. The van der Waals surface area contributed by atoms with Crippen molar-refractivity contribution in [2.45, 2.75) is 38.5 Å². The van der Waals surface area contributed by atoms with Crippen molar-refractivity contribution in [3.05, 3.63) is 35.4 Å². The molecule has 0 aliphatic heterocycles. The van der Waals surface area contributed by atoms with Crippen molar-refractivity contribution in [3.63, 3.8) is 0 Å². The lowest BCUT2D eigenvalue weighted by Gasteiger charge is -2.20. The van der Waals surface area contributed by atoms with E-state index in [1.165, 1.54) is 24.3 Å². The van der Waals surface area contributed by atoms with Crippen LogP contribution < -0.4 is 4.72 Å². The predicted molar refractivity (Wildman–Crippen MR) is 89.0 cm³/mol. The Hall–Kier alpha value is -1.93. The van der Waals surface area contributed by atoms with Gasteiger partial charge >= 0.3 is 11.9 Å². The van der Waals surface area contributed by atoms with Crippen molar-refractivity contribution in [1.29, 1.82) is 0 Å². The molecule has 1 aromatic rings. The maximum absolute atomic E-state index is 12.2. The highest BCUT2D eigenvalue weighted by atomic mass is 32.2. The minimum atomic E-state index is -3.94. The number of nitrogens with one attached hydrogen (secondary N) is 1. The predicted octanol–water partition coefficient (Wildman–Crippen LogP) is 1.80. The van der Waals surface area contributed by atoms with Crippen LogP contribution in [0, 0.1) is 0 Å². The van der Waals surface area contributed by atoms with Gasteiger partial charge in [-0.1, -0.05) is 19.1 Å². The largest absolute Gasteiger partial charge is 0.468 e. The fourth-order valence-corrected chi connectivity index (χ4v) is 3.40. The molecule has 1 aromatic carbocycles. The van der Waals surface area contributed by atoms with Crippen molar-refractivity contribution in [1.82, 2.24) is 4.72 Å². The number of hydrogen-bond acceptors (Lipinski definition) is 6. The topological polar surface area (TPSA) is 98.8 Å². The van der Waals surface area contributed by atoms with E-state index in [4.69, 9.17) is 4.74 Å². The third kappa shape index (κ3) is 5.31. The number of carbonyl (C=O) groups is 2. The van der Waals surface area contributed by atoms with Crippen LogP contribution in [0.25, 0.3) is 0 Å². The normalized spacial score (nSPS) is 13.2. The zero-order valence-electron chi connectivity index (χ0n) is 14.5. The molecule has 0 aromatic heterocycles. The average Bonchev–Trinajstić information content (AvgIpc) is 2.45. The van der Waals surface area contributed by atoms with Gasteiger partial charge in [0.25, 0.3) is 0 Å². The number of sulfonamides is 1. The third-order valence-corrected chi connectivity index (χ3v) is 4.70. The first-order valence-corrected chi connectivity index (χ1v) is 8.96. The van der Waals surface area contributed by atoms with E-state index in [2.05, 4.69) is 9.46 Å². The molecule has 0 fully saturated rings. The van der Waals surface area contributed by atoms with Gasteiger partial charge in [0.2, 0.25) is 10.0 Å². The van der Waals surface area contributed by atoms with Crippen LogP contribution in [0.1, 0.15) is 48.9 Å². The molecule has 1 atom stereocenters. The van der Waals surface area contributed by atoms with E-state index in [0.717, 1.165) is 7.11 Å². The maximum Gasteiger partial charge on any atom is 0.338 e. The molecular weight excluding hydrogens is 334 g/mol. The summed E-state index contributed by atoms with van der Waals surface area (Å²) < 4.78 is 36.6. The van der Waals surface area contributed by atoms with Crippen molar-refractivity contribution >= 4 is 22.0 Å². The van der Waals surface area contributed by atoms with Gasteiger partial charge in [0, 0.05) is 6.54 Å². The molecule has 1 unspecified atom stereocenters. The highest BCUT2D eigenvalue weighted by Gasteiger charge is 2.35. The molecule has 0 aliphatic carbocycles. The molecule has 1 rings (SSSR count). The van der Waals surface area contributed by atoms with Gasteiger partial charge in [-0.05, 0) is 38.5 Å². The lowest BCUT2D eigenvalue weighted by Crippen LogP contribution is -2.34. The van der Waals surface area contributed by atoms with Gasteiger partial charge in [-0.15, -0.1) is 0 Å². The van der Waals surface area contributed by atoms with Crippen LogP contribution in [0.15, 0.2) is 24.3 Å². The molecule has 0 saturated carbocycles. The second-order valence-corrected chi connectivity index (χ2v) is 7.92. The average molecular weight is 357 g/mol. The molecule has 0 bridgehead atoms. The fraction of sp³-hybridized carbons (Fsp3) is 0.500. The summed E-state index contributed by atoms with van der Waals surface area (Å²) in [6.07, 6.45) is 0. The Kier molecular flexibility index (Phi) is 6.50. The van der Waals surface area contributed by atoms with E-state index >= 15 is 0 Å². The zero-order valence-corrected chi connectivity index (χ0v) is 15.3. The Labute approximate surface area is 142 Å². The molecule has 1 N–H and O–H groups in total. The molecule has 0 saturated heterocycles. The van der Waals surface area contributed by atoms with Crippen LogP contribution in [-0.2, 0) is 24.3 Å². The highest BCUT2D eigenvalue weighted by Crippen LogP contribution is 2.24. The van der Waals surface area contributed by atoms with Crippen LogP contribution in [0.3, 0.4) is 0 Å². The Morgan fingerprint density at radius 1 is 1.17 bits per heavy atom. The molecule has 0 radical (unpaired) electrons. The summed E-state index contributed by atoms with van der Waals surface area (Å²) in [5.74, 6) is -1.43. The van der Waals surface area contributed by atoms with E-state index in [1.54, 1.807) is 27.7 Å². The van der Waals surface area contributed by atoms with E-state index in [1.807, 2.05) is 0 Å². The number of ether oxygens (including phenoxy) is 2. The Morgan fingerprint density at radius 2 is 1.71 bits per heavy atom. The SMILES string of the molecule is CCNS(=O)(=O)C(C(=O)OC)c1ccc(C(=O)OC(C)(C)C)cc1. The summed E-state index contributed by atoms with van der Waals surface area (Å²) in [6, 6.07) is 5.63. The van der Waals surface area contributed by atoms with Crippen LogP contribution in [-0.4, -0.2) is 39.6 Å². The summed E-state index contributed by atoms with van der Waals surface area (Å²) in [5.41, 5.74) is -0.174. The van der Waals surface area contributed by atoms with Gasteiger partial charge in [0.1, 0.15) is 5.60 Å².